The molecule has 0 aliphatic rings. The molecule has 2 radical (unpaired) electrons. The zero-order valence-electron chi connectivity index (χ0n) is 22.3. The van der Waals surface area contributed by atoms with Gasteiger partial charge in [-0.3, -0.25) is 38.4 Å². The first-order valence-electron chi connectivity index (χ1n) is 8.84. The van der Waals surface area contributed by atoms with E-state index in [0.29, 0.717) is 0 Å². The highest BCUT2D eigenvalue weighted by Gasteiger charge is 1.68. The van der Waals surface area contributed by atoms with Crippen molar-refractivity contribution in [2.24, 2.45) is 0 Å². The van der Waals surface area contributed by atoms with Crippen molar-refractivity contribution < 1.29 is 79.2 Å². The SMILES string of the molecule is CC(=O)O.CC(=O)O.CC(=O)O.CC(=O)O.CC(=O)O.CC(=O)O.CC(=O)O.CC(=O)O.[CH2]C.[CH2]C. The number of hydrogen-bond acceptors (Lipinski definition) is 8. The van der Waals surface area contributed by atoms with Crippen molar-refractivity contribution in [3.8, 4) is 0 Å². The molecule has 0 aromatic heterocycles. The first-order valence-corrected chi connectivity index (χ1v) is 8.84. The van der Waals surface area contributed by atoms with Crippen LogP contribution in [0.3, 0.4) is 0 Å². The largest absolute Gasteiger partial charge is 0.481 e. The highest BCUT2D eigenvalue weighted by molar-refractivity contribution is 5.64. The number of carbonyl (C=O) groups is 8. The van der Waals surface area contributed by atoms with Gasteiger partial charge in [-0.1, -0.05) is 27.7 Å². The number of hydrogen-bond donors (Lipinski definition) is 8. The van der Waals surface area contributed by atoms with Crippen LogP contribution in [0.15, 0.2) is 0 Å². The Bertz CT molecular complexity index is 364. The average molecular weight is 539 g/mol. The van der Waals surface area contributed by atoms with Gasteiger partial charge in [0, 0.05) is 55.4 Å². The van der Waals surface area contributed by atoms with Crippen LogP contribution in [-0.4, -0.2) is 88.6 Å². The maximum absolute atomic E-state index is 9.00. The Hall–Kier alpha value is -4.24. The summed E-state index contributed by atoms with van der Waals surface area (Å²) < 4.78 is 0. The van der Waals surface area contributed by atoms with Gasteiger partial charge in [0.2, 0.25) is 0 Å². The van der Waals surface area contributed by atoms with Gasteiger partial charge in [0.1, 0.15) is 0 Å². The molecule has 16 nitrogen and oxygen atoms in total. The van der Waals surface area contributed by atoms with Crippen LogP contribution in [0.5, 0.6) is 0 Å². The van der Waals surface area contributed by atoms with E-state index in [1.54, 1.807) is 13.8 Å². The molecule has 0 spiro atoms. The summed E-state index contributed by atoms with van der Waals surface area (Å²) in [5.74, 6) is -6.67. The predicted molar refractivity (Wildman–Crippen MR) is 129 cm³/mol. The van der Waals surface area contributed by atoms with Crippen LogP contribution in [0, 0.1) is 13.8 Å². The number of carboxylic acids is 8. The van der Waals surface area contributed by atoms with Crippen molar-refractivity contribution in [2.75, 3.05) is 0 Å². The van der Waals surface area contributed by atoms with Gasteiger partial charge in [0.25, 0.3) is 47.8 Å². The summed E-state index contributed by atoms with van der Waals surface area (Å²) in [6.45, 7) is 18.7. The van der Waals surface area contributed by atoms with Crippen LogP contribution < -0.4 is 0 Å². The Labute approximate surface area is 210 Å². The molecule has 16 heteroatoms. The molecule has 0 heterocycles. The lowest BCUT2D eigenvalue weighted by Gasteiger charge is -1.59. The van der Waals surface area contributed by atoms with Crippen LogP contribution in [0.4, 0.5) is 0 Å². The normalized spacial score (nSPS) is 5.89. The number of carboxylic acid groups (broad SMARTS) is 8. The Morgan fingerprint density at radius 1 is 0.278 bits per heavy atom. The molecule has 8 N–H and O–H groups in total. The quantitative estimate of drug-likeness (QED) is 0.219. The molecule has 218 valence electrons. The zero-order valence-corrected chi connectivity index (χ0v) is 22.3. The molecule has 0 amide bonds. The highest BCUT2D eigenvalue weighted by Crippen LogP contribution is 1.44. The Balaban J connectivity index is -0.0000000263. The van der Waals surface area contributed by atoms with Crippen molar-refractivity contribution in [3.63, 3.8) is 0 Å². The molecule has 0 aliphatic heterocycles. The summed E-state index contributed by atoms with van der Waals surface area (Å²) >= 11 is 0. The highest BCUT2D eigenvalue weighted by atomic mass is 16.4. The number of aliphatic carboxylic acids is 8. The van der Waals surface area contributed by atoms with Gasteiger partial charge in [-0.15, -0.1) is 0 Å². The first kappa shape index (κ1) is 63.5. The monoisotopic (exact) mass is 538 g/mol. The van der Waals surface area contributed by atoms with Crippen molar-refractivity contribution in [2.45, 2.75) is 69.2 Å². The molecule has 0 saturated heterocycles. The van der Waals surface area contributed by atoms with Gasteiger partial charge in [-0.05, 0) is 0 Å². The summed E-state index contributed by atoms with van der Waals surface area (Å²) in [6.07, 6.45) is 0. The zero-order chi connectivity index (χ0) is 32.6. The summed E-state index contributed by atoms with van der Waals surface area (Å²) in [5.41, 5.74) is 0. The van der Waals surface area contributed by atoms with Crippen LogP contribution in [0.25, 0.3) is 0 Å². The van der Waals surface area contributed by atoms with Gasteiger partial charge in [-0.25, -0.2) is 0 Å². The van der Waals surface area contributed by atoms with Crippen molar-refractivity contribution in [1.29, 1.82) is 0 Å². The van der Waals surface area contributed by atoms with Gasteiger partial charge >= 0.3 is 0 Å². The summed E-state index contributed by atoms with van der Waals surface area (Å²) in [5, 5.41) is 59.3. The minimum absolute atomic E-state index is 0.833. The summed E-state index contributed by atoms with van der Waals surface area (Å²) in [6, 6.07) is 0. The van der Waals surface area contributed by atoms with Crippen LogP contribution >= 0.6 is 0 Å². The average Bonchev–Trinajstić information content (AvgIpc) is 2.53. The molecule has 0 atom stereocenters. The molecule has 36 heavy (non-hydrogen) atoms. The molecular formula is C20H42O16. The van der Waals surface area contributed by atoms with Gasteiger partial charge in [-0.2, -0.15) is 0 Å². The second-order valence-corrected chi connectivity index (χ2v) is 4.15. The third-order valence-corrected chi connectivity index (χ3v) is 0. The van der Waals surface area contributed by atoms with E-state index in [1.165, 1.54) is 0 Å². The Kier molecular flexibility index (Phi) is 123. The van der Waals surface area contributed by atoms with Gasteiger partial charge < -0.3 is 40.9 Å². The van der Waals surface area contributed by atoms with E-state index < -0.39 is 47.8 Å². The van der Waals surface area contributed by atoms with Crippen molar-refractivity contribution in [1.82, 2.24) is 0 Å². The first-order chi connectivity index (χ1) is 15.9. The third-order valence-electron chi connectivity index (χ3n) is 0. The molecule has 0 aromatic carbocycles. The predicted octanol–water partition coefficient (Wildman–Crippen LogP) is 2.41. The fourth-order valence-corrected chi connectivity index (χ4v) is 0. The van der Waals surface area contributed by atoms with E-state index in [4.69, 9.17) is 79.2 Å². The van der Waals surface area contributed by atoms with E-state index in [-0.39, 0.29) is 0 Å². The lowest BCUT2D eigenvalue weighted by Crippen LogP contribution is -1.78. The topological polar surface area (TPSA) is 298 Å². The fraction of sp³-hybridized carbons (Fsp3) is 0.500. The van der Waals surface area contributed by atoms with Crippen molar-refractivity contribution in [3.05, 3.63) is 13.8 Å². The molecule has 0 fully saturated rings. The third kappa shape index (κ3) is 1370. The molecule has 0 unspecified atom stereocenters. The van der Waals surface area contributed by atoms with Crippen molar-refractivity contribution >= 4 is 47.8 Å². The molecule has 0 bridgehead atoms. The van der Waals surface area contributed by atoms with Crippen LogP contribution in [0.2, 0.25) is 0 Å². The fourth-order valence-electron chi connectivity index (χ4n) is 0. The summed E-state index contributed by atoms with van der Waals surface area (Å²) in [7, 11) is 0. The van der Waals surface area contributed by atoms with E-state index >= 15 is 0 Å². The lowest BCUT2D eigenvalue weighted by molar-refractivity contribution is -0.135. The second-order valence-electron chi connectivity index (χ2n) is 4.15. The van der Waals surface area contributed by atoms with E-state index in [1.807, 2.05) is 0 Å². The summed E-state index contributed by atoms with van der Waals surface area (Å²) in [4.78, 5) is 72.0. The van der Waals surface area contributed by atoms with Gasteiger partial charge in [0.05, 0.1) is 0 Å². The van der Waals surface area contributed by atoms with Crippen LogP contribution in [0.1, 0.15) is 69.2 Å². The maximum Gasteiger partial charge on any atom is 0.300 e. The van der Waals surface area contributed by atoms with E-state index in [2.05, 4.69) is 13.8 Å². The minimum Gasteiger partial charge on any atom is -0.481 e. The number of rotatable bonds is 0. The maximum atomic E-state index is 9.00. The standard InChI is InChI=1S/8C2H4O2.2C2H5/c8*1-2(3)4;2*1-2/h8*1H3,(H,3,4);2*1H2,2H3. The molecule has 0 aliphatic carbocycles. The van der Waals surface area contributed by atoms with E-state index in [9.17, 15) is 0 Å². The second kappa shape index (κ2) is 69.8. The molecular weight excluding hydrogens is 496 g/mol. The molecule has 0 rings (SSSR count). The van der Waals surface area contributed by atoms with Crippen LogP contribution in [-0.2, 0) is 38.4 Å². The Morgan fingerprint density at radius 2 is 0.278 bits per heavy atom. The molecule has 0 saturated carbocycles. The smallest absolute Gasteiger partial charge is 0.300 e. The Morgan fingerprint density at radius 3 is 0.278 bits per heavy atom. The van der Waals surface area contributed by atoms with Gasteiger partial charge in [0.15, 0.2) is 0 Å². The van der Waals surface area contributed by atoms with E-state index in [0.717, 1.165) is 55.4 Å². The minimum atomic E-state index is -0.833. The molecule has 0 aromatic rings. The lowest BCUT2D eigenvalue weighted by atomic mass is 10.9.